The Morgan fingerprint density at radius 2 is 1.76 bits per heavy atom. The number of unbranched alkanes of at least 4 members (excludes halogenated alkanes) is 2. The molecule has 0 spiro atoms. The van der Waals surface area contributed by atoms with Crippen LogP contribution in [0.1, 0.15) is 66.7 Å². The van der Waals surface area contributed by atoms with Gasteiger partial charge in [0.05, 0.1) is 23.5 Å². The van der Waals surface area contributed by atoms with Crippen molar-refractivity contribution in [3.05, 3.63) is 24.5 Å². The van der Waals surface area contributed by atoms with Gasteiger partial charge in [-0.25, -0.2) is 0 Å². The fraction of sp³-hybridized carbons (Fsp3) is 0.778. The Bertz CT molecular complexity index is 323. The summed E-state index contributed by atoms with van der Waals surface area (Å²) in [7, 11) is 0. The Hall–Kier alpha value is -0.440. The Kier molecular flexibility index (Phi) is 10.1. The van der Waals surface area contributed by atoms with Gasteiger partial charge in [-0.2, -0.15) is 3.89 Å². The third-order valence-corrected chi connectivity index (χ3v) is 4.46. The Morgan fingerprint density at radius 1 is 1.14 bits per heavy atom. The van der Waals surface area contributed by atoms with Crippen molar-refractivity contribution >= 4 is 12.1 Å². The lowest BCUT2D eigenvalue weighted by molar-refractivity contribution is 0.168. The Labute approximate surface area is 135 Å². The molecule has 0 aromatic rings. The third kappa shape index (κ3) is 9.23. The number of rotatable bonds is 12. The molecule has 0 heterocycles. The molecule has 0 saturated carbocycles. The van der Waals surface area contributed by atoms with Crippen molar-refractivity contribution < 1.29 is 8.62 Å². The van der Waals surface area contributed by atoms with Gasteiger partial charge in [0.15, 0.2) is 0 Å². The lowest BCUT2D eigenvalue weighted by Crippen LogP contribution is -2.20. The van der Waals surface area contributed by atoms with Crippen LogP contribution in [0, 0.1) is 11.8 Å². The number of hydrogen-bond donors (Lipinski definition) is 0. The molecular weight excluding hydrogens is 283 g/mol. The van der Waals surface area contributed by atoms with Gasteiger partial charge in [-0.05, 0) is 32.6 Å². The molecule has 3 heteroatoms. The number of hydrogen-bond acceptors (Lipinski definition) is 2. The van der Waals surface area contributed by atoms with E-state index in [9.17, 15) is 3.89 Å². The summed E-state index contributed by atoms with van der Waals surface area (Å²) in [5.41, 5.74) is 1.22. The van der Waals surface area contributed by atoms with E-state index in [0.717, 1.165) is 12.3 Å². The predicted octanol–water partition coefficient (Wildman–Crippen LogP) is 6.71. The van der Waals surface area contributed by atoms with Crippen LogP contribution in [0.4, 0.5) is 3.89 Å². The second kappa shape index (κ2) is 10.3. The summed E-state index contributed by atoms with van der Waals surface area (Å²) in [5.74, 6) is 1.57. The van der Waals surface area contributed by atoms with E-state index in [2.05, 4.69) is 33.9 Å². The zero-order valence-corrected chi connectivity index (χ0v) is 15.3. The molecule has 21 heavy (non-hydrogen) atoms. The molecule has 1 unspecified atom stereocenters. The smallest absolute Gasteiger partial charge is 0.107 e. The fourth-order valence-corrected chi connectivity index (χ4v) is 2.03. The summed E-state index contributed by atoms with van der Waals surface area (Å²) < 4.78 is 17.7. The van der Waals surface area contributed by atoms with Crippen molar-refractivity contribution in [1.29, 1.82) is 0 Å². The van der Waals surface area contributed by atoms with Gasteiger partial charge in [-0.3, -0.25) is 0 Å². The largest absolute Gasteiger partial charge is 0.496 e. The lowest BCUT2D eigenvalue weighted by atomic mass is 9.96. The third-order valence-electron chi connectivity index (χ3n) is 3.85. The van der Waals surface area contributed by atoms with Crippen molar-refractivity contribution in [2.75, 3.05) is 6.61 Å². The zero-order chi connectivity index (χ0) is 16.5. The van der Waals surface area contributed by atoms with Gasteiger partial charge < -0.3 is 4.74 Å². The lowest BCUT2D eigenvalue weighted by Gasteiger charge is -2.24. The summed E-state index contributed by atoms with van der Waals surface area (Å²) in [6, 6.07) is 0. The normalized spacial score (nSPS) is 13.3. The van der Waals surface area contributed by atoms with Gasteiger partial charge in [-0.1, -0.05) is 58.8 Å². The molecule has 0 N–H and O–H groups in total. The highest BCUT2D eigenvalue weighted by Crippen LogP contribution is 2.33. The van der Waals surface area contributed by atoms with Crippen LogP contribution in [0.3, 0.4) is 0 Å². The van der Waals surface area contributed by atoms with Crippen LogP contribution in [-0.4, -0.2) is 11.4 Å². The minimum absolute atomic E-state index is 0.270. The highest BCUT2D eigenvalue weighted by atomic mass is 32.2. The molecule has 0 aliphatic carbocycles. The minimum atomic E-state index is -0.683. The van der Waals surface area contributed by atoms with Crippen molar-refractivity contribution in [3.8, 4) is 0 Å². The summed E-state index contributed by atoms with van der Waals surface area (Å²) in [5, 5.41) is 0. The second-order valence-electron chi connectivity index (χ2n) is 6.87. The zero-order valence-electron chi connectivity index (χ0n) is 14.5. The molecule has 0 fully saturated rings. The van der Waals surface area contributed by atoms with Gasteiger partial charge in [0.2, 0.25) is 0 Å². The van der Waals surface area contributed by atoms with Crippen LogP contribution in [0.15, 0.2) is 24.5 Å². The molecule has 1 atom stereocenters. The summed E-state index contributed by atoms with van der Waals surface area (Å²) >= 11 is 0.270. The Morgan fingerprint density at radius 3 is 2.29 bits per heavy atom. The van der Waals surface area contributed by atoms with E-state index >= 15 is 0 Å². The van der Waals surface area contributed by atoms with Crippen molar-refractivity contribution in [3.63, 3.8) is 0 Å². The van der Waals surface area contributed by atoms with Gasteiger partial charge in [0.1, 0.15) is 5.76 Å². The molecule has 0 aliphatic rings. The van der Waals surface area contributed by atoms with Gasteiger partial charge in [0, 0.05) is 5.92 Å². The van der Waals surface area contributed by atoms with Crippen LogP contribution in [0.5, 0.6) is 0 Å². The number of halogens is 1. The first kappa shape index (κ1) is 20.6. The van der Waals surface area contributed by atoms with E-state index in [1.54, 1.807) is 13.8 Å². The fourth-order valence-electron chi connectivity index (χ4n) is 1.89. The predicted molar refractivity (Wildman–Crippen MR) is 94.1 cm³/mol. The molecular formula is C18H33FOS. The Balaban J connectivity index is 3.88. The second-order valence-corrected chi connectivity index (χ2v) is 8.05. The van der Waals surface area contributed by atoms with Crippen LogP contribution in [0.25, 0.3) is 0 Å². The molecule has 0 saturated heterocycles. The van der Waals surface area contributed by atoms with E-state index < -0.39 is 4.75 Å². The molecule has 0 rings (SSSR count). The highest BCUT2D eigenvalue weighted by Gasteiger charge is 2.25. The van der Waals surface area contributed by atoms with Gasteiger partial charge in [0.25, 0.3) is 0 Å². The quantitative estimate of drug-likeness (QED) is 0.225. The average molecular weight is 317 g/mol. The van der Waals surface area contributed by atoms with E-state index in [-0.39, 0.29) is 18.1 Å². The summed E-state index contributed by atoms with van der Waals surface area (Å²) in [6.45, 7) is 18.7. The van der Waals surface area contributed by atoms with Crippen LogP contribution in [0.2, 0.25) is 0 Å². The average Bonchev–Trinajstić information content (AvgIpc) is 2.43. The van der Waals surface area contributed by atoms with Crippen molar-refractivity contribution in [2.45, 2.75) is 71.5 Å². The van der Waals surface area contributed by atoms with Crippen LogP contribution < -0.4 is 0 Å². The van der Waals surface area contributed by atoms with E-state index in [1.165, 1.54) is 31.3 Å². The monoisotopic (exact) mass is 316 g/mol. The molecule has 0 aromatic heterocycles. The maximum Gasteiger partial charge on any atom is 0.107 e. The topological polar surface area (TPSA) is 9.23 Å². The molecule has 0 radical (unpaired) electrons. The van der Waals surface area contributed by atoms with Crippen molar-refractivity contribution in [2.24, 2.45) is 11.8 Å². The van der Waals surface area contributed by atoms with Crippen LogP contribution in [-0.2, 0) is 4.74 Å². The van der Waals surface area contributed by atoms with Crippen LogP contribution >= 0.6 is 12.1 Å². The number of ether oxygens (including phenoxy) is 1. The first-order valence-electron chi connectivity index (χ1n) is 8.00. The first-order chi connectivity index (χ1) is 9.70. The SMILES string of the molecule is C=C(CCCCCC(C)C)C(C)COC(=C)C(C)(C)SF. The standard InChI is InChI=1S/C18H33FOS/c1-14(2)11-9-8-10-12-15(3)16(4)13-20-17(5)18(6,7)21-19/h14,16H,3,5,8-13H2,1-2,4,6-7H3. The minimum Gasteiger partial charge on any atom is -0.496 e. The molecule has 0 amide bonds. The maximum atomic E-state index is 12.8. The molecule has 124 valence electrons. The van der Waals surface area contributed by atoms with E-state index in [0.29, 0.717) is 12.4 Å². The molecule has 0 bridgehead atoms. The van der Waals surface area contributed by atoms with E-state index in [1.807, 2.05) is 0 Å². The summed E-state index contributed by atoms with van der Waals surface area (Å²) in [6.07, 6.45) is 6.12. The maximum absolute atomic E-state index is 12.8. The molecule has 0 aromatic carbocycles. The van der Waals surface area contributed by atoms with Gasteiger partial charge >= 0.3 is 0 Å². The first-order valence-corrected chi connectivity index (χ1v) is 8.72. The van der Waals surface area contributed by atoms with Gasteiger partial charge in [-0.15, -0.1) is 0 Å². The molecule has 0 aliphatic heterocycles. The molecule has 1 nitrogen and oxygen atoms in total. The highest BCUT2D eigenvalue weighted by molar-refractivity contribution is 7.95. The van der Waals surface area contributed by atoms with Crippen molar-refractivity contribution in [1.82, 2.24) is 0 Å². The summed E-state index contributed by atoms with van der Waals surface area (Å²) in [4.78, 5) is 0. The van der Waals surface area contributed by atoms with E-state index in [4.69, 9.17) is 4.74 Å².